The van der Waals surface area contributed by atoms with Crippen LogP contribution in [0.2, 0.25) is 0 Å². The number of ether oxygens (including phenoxy) is 1. The van der Waals surface area contributed by atoms with Crippen LogP contribution in [0.3, 0.4) is 0 Å². The van der Waals surface area contributed by atoms with Gasteiger partial charge in [0.2, 0.25) is 11.8 Å². The molecule has 112 valence electrons. The molecular weight excluding hydrogens is 284 g/mol. The quantitative estimate of drug-likeness (QED) is 0.737. The summed E-state index contributed by atoms with van der Waals surface area (Å²) in [4.78, 5) is 20.0. The number of rotatable bonds is 5. The predicted molar refractivity (Wildman–Crippen MR) is 72.2 cm³/mol. The number of piperazine rings is 1. The topological polar surface area (TPSA) is 71.7 Å². The normalized spacial score (nSPS) is 18.2. The fourth-order valence-electron chi connectivity index (χ4n) is 2.11. The number of amides is 1. The van der Waals surface area contributed by atoms with Gasteiger partial charge in [0.25, 0.3) is 0 Å². The Morgan fingerprint density at radius 3 is 2.75 bits per heavy atom. The van der Waals surface area contributed by atoms with Gasteiger partial charge in [-0.3, -0.25) is 9.69 Å². The molecule has 20 heavy (non-hydrogen) atoms. The number of alkyl halides is 1. The Labute approximate surface area is 122 Å². The molecule has 0 saturated carbocycles. The van der Waals surface area contributed by atoms with Crippen molar-refractivity contribution in [3.8, 4) is 0 Å². The molecule has 7 nitrogen and oxygen atoms in total. The van der Waals surface area contributed by atoms with E-state index in [1.165, 1.54) is 0 Å². The minimum atomic E-state index is -0.464. The summed E-state index contributed by atoms with van der Waals surface area (Å²) >= 11 is 5.81. The SMILES string of the molecule is COCc1noc(CN2CCN(C(=O)C(C)Cl)CC2)n1. The van der Waals surface area contributed by atoms with Gasteiger partial charge in [-0.2, -0.15) is 4.98 Å². The van der Waals surface area contributed by atoms with Crippen LogP contribution in [0.4, 0.5) is 0 Å². The summed E-state index contributed by atoms with van der Waals surface area (Å²) < 4.78 is 10.1. The fourth-order valence-corrected chi connectivity index (χ4v) is 2.25. The van der Waals surface area contributed by atoms with Crippen molar-refractivity contribution in [2.24, 2.45) is 0 Å². The van der Waals surface area contributed by atoms with Crippen molar-refractivity contribution in [2.75, 3.05) is 33.3 Å². The molecule has 0 aromatic carbocycles. The number of carbonyl (C=O) groups is 1. The molecule has 0 radical (unpaired) electrons. The first kappa shape index (κ1) is 15.2. The minimum Gasteiger partial charge on any atom is -0.377 e. The van der Waals surface area contributed by atoms with Crippen LogP contribution in [-0.4, -0.2) is 64.5 Å². The maximum atomic E-state index is 11.8. The monoisotopic (exact) mass is 302 g/mol. The Morgan fingerprint density at radius 1 is 1.45 bits per heavy atom. The van der Waals surface area contributed by atoms with Gasteiger partial charge in [-0.1, -0.05) is 5.16 Å². The zero-order valence-corrected chi connectivity index (χ0v) is 12.5. The highest BCUT2D eigenvalue weighted by Gasteiger charge is 2.24. The van der Waals surface area contributed by atoms with E-state index in [0.717, 1.165) is 13.1 Å². The lowest BCUT2D eigenvalue weighted by atomic mass is 10.3. The first-order chi connectivity index (χ1) is 9.60. The number of carbonyl (C=O) groups excluding carboxylic acids is 1. The summed E-state index contributed by atoms with van der Waals surface area (Å²) in [5, 5.41) is 3.35. The summed E-state index contributed by atoms with van der Waals surface area (Å²) in [5.41, 5.74) is 0. The molecule has 0 spiro atoms. The summed E-state index contributed by atoms with van der Waals surface area (Å²) in [6, 6.07) is 0. The second kappa shape index (κ2) is 7.01. The molecule has 1 aliphatic heterocycles. The lowest BCUT2D eigenvalue weighted by Crippen LogP contribution is -2.50. The van der Waals surface area contributed by atoms with Crippen molar-refractivity contribution < 1.29 is 14.1 Å². The highest BCUT2D eigenvalue weighted by Crippen LogP contribution is 2.10. The summed E-state index contributed by atoms with van der Waals surface area (Å²) in [7, 11) is 1.59. The highest BCUT2D eigenvalue weighted by molar-refractivity contribution is 6.30. The maximum absolute atomic E-state index is 11.8. The highest BCUT2D eigenvalue weighted by atomic mass is 35.5. The molecule has 1 aromatic rings. The Hall–Kier alpha value is -1.18. The average molecular weight is 303 g/mol. The molecular formula is C12H19ClN4O3. The molecule has 1 aromatic heterocycles. The van der Waals surface area contributed by atoms with Gasteiger partial charge in [-0.15, -0.1) is 11.6 Å². The van der Waals surface area contributed by atoms with Gasteiger partial charge in [0.05, 0.1) is 6.54 Å². The molecule has 1 amide bonds. The van der Waals surface area contributed by atoms with Gasteiger partial charge < -0.3 is 14.2 Å². The van der Waals surface area contributed by atoms with E-state index in [4.69, 9.17) is 20.9 Å². The van der Waals surface area contributed by atoms with Gasteiger partial charge in [0.15, 0.2) is 5.82 Å². The van der Waals surface area contributed by atoms with Crippen LogP contribution in [0.5, 0.6) is 0 Å². The summed E-state index contributed by atoms with van der Waals surface area (Å²) in [6.07, 6.45) is 0. The number of aromatic nitrogens is 2. The first-order valence-corrected chi connectivity index (χ1v) is 6.99. The predicted octanol–water partition coefficient (Wildman–Crippen LogP) is 0.487. The maximum Gasteiger partial charge on any atom is 0.240 e. The van der Waals surface area contributed by atoms with Crippen molar-refractivity contribution in [2.45, 2.75) is 25.5 Å². The lowest BCUT2D eigenvalue weighted by molar-refractivity contribution is -0.132. The van der Waals surface area contributed by atoms with Crippen molar-refractivity contribution in [1.29, 1.82) is 0 Å². The van der Waals surface area contributed by atoms with Gasteiger partial charge >= 0.3 is 0 Å². The third kappa shape index (κ3) is 3.91. The number of nitrogens with zero attached hydrogens (tertiary/aromatic N) is 4. The molecule has 1 unspecified atom stereocenters. The van der Waals surface area contributed by atoms with Gasteiger partial charge in [-0.05, 0) is 6.92 Å². The Morgan fingerprint density at radius 2 is 2.15 bits per heavy atom. The molecule has 2 rings (SSSR count). The van der Waals surface area contributed by atoms with Gasteiger partial charge in [-0.25, -0.2) is 0 Å². The number of hydrogen-bond donors (Lipinski definition) is 0. The van der Waals surface area contributed by atoms with Crippen LogP contribution < -0.4 is 0 Å². The standard InChI is InChI=1S/C12H19ClN4O3/c1-9(13)12(18)17-5-3-16(4-6-17)7-11-14-10(8-19-2)15-20-11/h9H,3-8H2,1-2H3. The van der Waals surface area contributed by atoms with Gasteiger partial charge in [0, 0.05) is 33.3 Å². The van der Waals surface area contributed by atoms with E-state index in [1.807, 2.05) is 0 Å². The van der Waals surface area contributed by atoms with E-state index < -0.39 is 5.38 Å². The summed E-state index contributed by atoms with van der Waals surface area (Å²) in [5.74, 6) is 1.11. The van der Waals surface area contributed by atoms with Crippen LogP contribution in [0.1, 0.15) is 18.6 Å². The Kier molecular flexibility index (Phi) is 5.33. The molecule has 0 N–H and O–H groups in total. The van der Waals surface area contributed by atoms with Crippen molar-refractivity contribution >= 4 is 17.5 Å². The molecule has 1 saturated heterocycles. The third-order valence-electron chi connectivity index (χ3n) is 3.17. The smallest absolute Gasteiger partial charge is 0.240 e. The van der Waals surface area contributed by atoms with E-state index in [0.29, 0.717) is 38.0 Å². The minimum absolute atomic E-state index is 0.00788. The molecule has 1 aliphatic rings. The largest absolute Gasteiger partial charge is 0.377 e. The molecule has 0 bridgehead atoms. The van der Waals surface area contributed by atoms with Crippen LogP contribution in [0.25, 0.3) is 0 Å². The third-order valence-corrected chi connectivity index (χ3v) is 3.35. The lowest BCUT2D eigenvalue weighted by Gasteiger charge is -2.34. The number of hydrogen-bond acceptors (Lipinski definition) is 6. The second-order valence-electron chi connectivity index (χ2n) is 4.75. The van der Waals surface area contributed by atoms with Crippen molar-refractivity contribution in [3.05, 3.63) is 11.7 Å². The zero-order chi connectivity index (χ0) is 14.5. The van der Waals surface area contributed by atoms with E-state index >= 15 is 0 Å². The van der Waals surface area contributed by atoms with Crippen LogP contribution >= 0.6 is 11.6 Å². The fraction of sp³-hybridized carbons (Fsp3) is 0.750. The number of methoxy groups -OCH3 is 1. The second-order valence-corrected chi connectivity index (χ2v) is 5.41. The number of halogens is 1. The van der Waals surface area contributed by atoms with E-state index in [2.05, 4.69) is 15.0 Å². The molecule has 0 aliphatic carbocycles. The summed E-state index contributed by atoms with van der Waals surface area (Å²) in [6.45, 7) is 5.54. The van der Waals surface area contributed by atoms with Crippen molar-refractivity contribution in [1.82, 2.24) is 19.9 Å². The first-order valence-electron chi connectivity index (χ1n) is 6.55. The Balaban J connectivity index is 1.80. The van der Waals surface area contributed by atoms with E-state index in [-0.39, 0.29) is 5.91 Å². The van der Waals surface area contributed by atoms with E-state index in [9.17, 15) is 4.79 Å². The molecule has 8 heteroatoms. The molecule has 2 heterocycles. The molecule has 1 atom stereocenters. The molecule has 1 fully saturated rings. The van der Waals surface area contributed by atoms with E-state index in [1.54, 1.807) is 18.9 Å². The zero-order valence-electron chi connectivity index (χ0n) is 11.7. The van der Waals surface area contributed by atoms with Gasteiger partial charge in [0.1, 0.15) is 12.0 Å². The Bertz CT molecular complexity index is 444. The van der Waals surface area contributed by atoms with Crippen LogP contribution in [-0.2, 0) is 22.7 Å². The van der Waals surface area contributed by atoms with Crippen LogP contribution in [0, 0.1) is 0 Å². The average Bonchev–Trinajstić information content (AvgIpc) is 2.86. The van der Waals surface area contributed by atoms with Crippen LogP contribution in [0.15, 0.2) is 4.52 Å². The van der Waals surface area contributed by atoms with Crippen molar-refractivity contribution in [3.63, 3.8) is 0 Å².